The zero-order valence-corrected chi connectivity index (χ0v) is 12.1. The van der Waals surface area contributed by atoms with E-state index in [-0.39, 0.29) is 0 Å². The minimum atomic E-state index is 0.303. The van der Waals surface area contributed by atoms with Crippen LogP contribution in [0.25, 0.3) is 0 Å². The number of hydrogen-bond donors (Lipinski definition) is 1. The second-order valence-electron chi connectivity index (χ2n) is 5.23. The summed E-state index contributed by atoms with van der Waals surface area (Å²) in [4.78, 5) is 4.31. The monoisotopic (exact) mass is 258 g/mol. The van der Waals surface area contributed by atoms with Crippen LogP contribution in [0.4, 0.5) is 0 Å². The molecule has 2 rings (SSSR count). The summed E-state index contributed by atoms with van der Waals surface area (Å²) < 4.78 is 1.95. The van der Waals surface area contributed by atoms with Crippen molar-refractivity contribution in [1.82, 2.24) is 20.1 Å². The van der Waals surface area contributed by atoms with Crippen molar-refractivity contribution in [2.45, 2.75) is 46.3 Å². The number of hydrogen-bond acceptors (Lipinski definition) is 3. The Kier molecular flexibility index (Phi) is 4.32. The molecular weight excluding hydrogens is 236 g/mol. The van der Waals surface area contributed by atoms with Crippen LogP contribution in [0.3, 0.4) is 0 Å². The van der Waals surface area contributed by atoms with Gasteiger partial charge in [-0.1, -0.05) is 29.8 Å². The van der Waals surface area contributed by atoms with Crippen LogP contribution < -0.4 is 5.32 Å². The Balaban J connectivity index is 2.00. The zero-order valence-electron chi connectivity index (χ0n) is 12.1. The van der Waals surface area contributed by atoms with Gasteiger partial charge in [0, 0.05) is 12.1 Å². The van der Waals surface area contributed by atoms with Gasteiger partial charge in [-0.2, -0.15) is 5.10 Å². The van der Waals surface area contributed by atoms with E-state index in [1.807, 2.05) is 4.68 Å². The number of nitrogens with zero attached hydrogens (tertiary/aromatic N) is 3. The summed E-state index contributed by atoms with van der Waals surface area (Å²) in [5, 5.41) is 7.75. The lowest BCUT2D eigenvalue weighted by atomic mass is 10.1. The molecule has 1 heterocycles. The van der Waals surface area contributed by atoms with E-state index in [0.717, 1.165) is 12.4 Å². The molecule has 1 aromatic carbocycles. The lowest BCUT2D eigenvalue weighted by Gasteiger charge is -2.16. The molecule has 0 amide bonds. The van der Waals surface area contributed by atoms with E-state index in [1.165, 1.54) is 11.1 Å². The van der Waals surface area contributed by atoms with E-state index in [4.69, 9.17) is 0 Å². The number of benzene rings is 1. The van der Waals surface area contributed by atoms with Crippen molar-refractivity contribution in [3.05, 3.63) is 47.5 Å². The highest BCUT2D eigenvalue weighted by Crippen LogP contribution is 2.14. The highest BCUT2D eigenvalue weighted by Gasteiger charge is 2.10. The molecule has 4 nitrogen and oxygen atoms in total. The molecule has 0 bridgehead atoms. The summed E-state index contributed by atoms with van der Waals surface area (Å²) in [6, 6.07) is 9.22. The second kappa shape index (κ2) is 5.97. The van der Waals surface area contributed by atoms with Crippen LogP contribution in [0.5, 0.6) is 0 Å². The van der Waals surface area contributed by atoms with Gasteiger partial charge < -0.3 is 5.32 Å². The minimum Gasteiger partial charge on any atom is -0.303 e. The van der Waals surface area contributed by atoms with Crippen molar-refractivity contribution in [2.24, 2.45) is 0 Å². The van der Waals surface area contributed by atoms with Gasteiger partial charge in [-0.25, -0.2) is 9.67 Å². The predicted octanol–water partition coefficient (Wildman–Crippen LogP) is 3.02. The molecule has 0 unspecified atom stereocenters. The molecule has 0 saturated carbocycles. The standard InChI is InChI=1S/C15H22N4/c1-11(2)19-15(17-10-18-19)9-16-13(4)14-7-5-6-12(3)8-14/h5-8,10-11,13,16H,9H2,1-4H3/t13-/m0/s1. The van der Waals surface area contributed by atoms with Crippen molar-refractivity contribution < 1.29 is 0 Å². The van der Waals surface area contributed by atoms with Crippen molar-refractivity contribution >= 4 is 0 Å². The van der Waals surface area contributed by atoms with Crippen molar-refractivity contribution in [1.29, 1.82) is 0 Å². The Hall–Kier alpha value is -1.68. The topological polar surface area (TPSA) is 42.7 Å². The first-order valence-electron chi connectivity index (χ1n) is 6.76. The summed E-state index contributed by atoms with van der Waals surface area (Å²) in [7, 11) is 0. The fraction of sp³-hybridized carbons (Fsp3) is 0.467. The Morgan fingerprint density at radius 3 is 2.74 bits per heavy atom. The Labute approximate surface area is 114 Å². The average Bonchev–Trinajstić information content (AvgIpc) is 2.84. The molecule has 19 heavy (non-hydrogen) atoms. The molecule has 1 N–H and O–H groups in total. The Bertz CT molecular complexity index is 530. The molecule has 0 radical (unpaired) electrons. The molecule has 0 saturated heterocycles. The van der Waals surface area contributed by atoms with Gasteiger partial charge >= 0.3 is 0 Å². The summed E-state index contributed by atoms with van der Waals surface area (Å²) >= 11 is 0. The molecule has 0 aliphatic carbocycles. The Morgan fingerprint density at radius 1 is 1.26 bits per heavy atom. The van der Waals surface area contributed by atoms with E-state index in [1.54, 1.807) is 6.33 Å². The van der Waals surface area contributed by atoms with Gasteiger partial charge in [0.2, 0.25) is 0 Å². The predicted molar refractivity (Wildman–Crippen MR) is 76.8 cm³/mol. The van der Waals surface area contributed by atoms with Crippen molar-refractivity contribution in [3.8, 4) is 0 Å². The first kappa shape index (κ1) is 13.7. The third-order valence-electron chi connectivity index (χ3n) is 3.24. The first-order chi connectivity index (χ1) is 9.08. The maximum absolute atomic E-state index is 4.31. The molecule has 0 aliphatic heterocycles. The van der Waals surface area contributed by atoms with Gasteiger partial charge in [0.05, 0.1) is 6.54 Å². The van der Waals surface area contributed by atoms with Crippen LogP contribution in [0.1, 0.15) is 49.8 Å². The van der Waals surface area contributed by atoms with Crippen LogP contribution in [0.2, 0.25) is 0 Å². The van der Waals surface area contributed by atoms with E-state index in [0.29, 0.717) is 12.1 Å². The van der Waals surface area contributed by atoms with Gasteiger partial charge in [0.25, 0.3) is 0 Å². The van der Waals surface area contributed by atoms with Crippen molar-refractivity contribution in [2.75, 3.05) is 0 Å². The van der Waals surface area contributed by atoms with E-state index < -0.39 is 0 Å². The second-order valence-corrected chi connectivity index (χ2v) is 5.23. The molecule has 0 aliphatic rings. The lowest BCUT2D eigenvalue weighted by Crippen LogP contribution is -2.21. The minimum absolute atomic E-state index is 0.303. The lowest BCUT2D eigenvalue weighted by molar-refractivity contribution is 0.473. The molecule has 4 heteroatoms. The molecule has 0 fully saturated rings. The number of rotatable bonds is 5. The number of aryl methyl sites for hydroxylation is 1. The normalized spacial score (nSPS) is 12.9. The van der Waals surface area contributed by atoms with Crippen LogP contribution >= 0.6 is 0 Å². The van der Waals surface area contributed by atoms with Crippen molar-refractivity contribution in [3.63, 3.8) is 0 Å². The summed E-state index contributed by atoms with van der Waals surface area (Å²) in [5.41, 5.74) is 2.59. The number of aromatic nitrogens is 3. The molecule has 1 aromatic heterocycles. The van der Waals surface area contributed by atoms with Crippen LogP contribution in [-0.4, -0.2) is 14.8 Å². The van der Waals surface area contributed by atoms with E-state index >= 15 is 0 Å². The number of nitrogens with one attached hydrogen (secondary N) is 1. The van der Waals surface area contributed by atoms with Gasteiger partial charge in [0.1, 0.15) is 12.2 Å². The average molecular weight is 258 g/mol. The molecule has 2 aromatic rings. The van der Waals surface area contributed by atoms with Crippen LogP contribution in [-0.2, 0) is 6.54 Å². The molecular formula is C15H22N4. The summed E-state index contributed by atoms with van der Waals surface area (Å²) in [6.07, 6.45) is 1.62. The zero-order chi connectivity index (χ0) is 13.8. The van der Waals surface area contributed by atoms with E-state index in [2.05, 4.69) is 67.4 Å². The highest BCUT2D eigenvalue weighted by molar-refractivity contribution is 5.24. The third kappa shape index (κ3) is 3.41. The first-order valence-corrected chi connectivity index (χ1v) is 6.76. The smallest absolute Gasteiger partial charge is 0.141 e. The quantitative estimate of drug-likeness (QED) is 0.896. The van der Waals surface area contributed by atoms with E-state index in [9.17, 15) is 0 Å². The Morgan fingerprint density at radius 2 is 2.05 bits per heavy atom. The SMILES string of the molecule is Cc1cccc([C@H](C)NCc2ncnn2C(C)C)c1. The molecule has 0 spiro atoms. The third-order valence-corrected chi connectivity index (χ3v) is 3.24. The van der Waals surface area contributed by atoms with Gasteiger partial charge in [0.15, 0.2) is 0 Å². The van der Waals surface area contributed by atoms with Gasteiger partial charge in [-0.15, -0.1) is 0 Å². The van der Waals surface area contributed by atoms with Gasteiger partial charge in [-0.3, -0.25) is 0 Å². The largest absolute Gasteiger partial charge is 0.303 e. The summed E-state index contributed by atoms with van der Waals surface area (Å²) in [6.45, 7) is 9.24. The van der Waals surface area contributed by atoms with Crippen LogP contribution in [0.15, 0.2) is 30.6 Å². The maximum Gasteiger partial charge on any atom is 0.141 e. The van der Waals surface area contributed by atoms with Crippen LogP contribution in [0, 0.1) is 6.92 Å². The molecule has 102 valence electrons. The van der Waals surface area contributed by atoms with Gasteiger partial charge in [-0.05, 0) is 33.3 Å². The molecule has 1 atom stereocenters. The maximum atomic E-state index is 4.31. The fourth-order valence-electron chi connectivity index (χ4n) is 2.13. The fourth-order valence-corrected chi connectivity index (χ4v) is 2.13. The highest BCUT2D eigenvalue weighted by atomic mass is 15.4. The summed E-state index contributed by atoms with van der Waals surface area (Å²) in [5.74, 6) is 0.981.